The van der Waals surface area contributed by atoms with Gasteiger partial charge in [-0.05, 0) is 37.3 Å². The van der Waals surface area contributed by atoms with E-state index in [0.29, 0.717) is 29.2 Å². The number of para-hydroxylation sites is 1. The van der Waals surface area contributed by atoms with E-state index in [4.69, 9.17) is 4.74 Å². The quantitative estimate of drug-likeness (QED) is 0.621. The molecule has 0 N–H and O–H groups in total. The number of carbonyl (C=O) groups excluding carboxylic acids is 1. The van der Waals surface area contributed by atoms with Crippen molar-refractivity contribution in [2.24, 2.45) is 0 Å². The Morgan fingerprint density at radius 3 is 2.91 bits per heavy atom. The van der Waals surface area contributed by atoms with Gasteiger partial charge in [0.15, 0.2) is 12.1 Å². The summed E-state index contributed by atoms with van der Waals surface area (Å²) in [4.78, 5) is 15.5. The number of nitrogens with zero attached hydrogens (tertiary/aromatic N) is 2. The van der Waals surface area contributed by atoms with Crippen molar-refractivity contribution in [3.63, 3.8) is 0 Å². The molecule has 0 saturated heterocycles. The van der Waals surface area contributed by atoms with Crippen LogP contribution in [0.15, 0.2) is 40.9 Å². The molecule has 0 radical (unpaired) electrons. The third kappa shape index (κ3) is 2.99. The van der Waals surface area contributed by atoms with E-state index in [2.05, 4.69) is 20.9 Å². The molecule has 0 spiro atoms. The monoisotopic (exact) mass is 376 g/mol. The average Bonchev–Trinajstić information content (AvgIpc) is 2.92. The molecule has 23 heavy (non-hydrogen) atoms. The zero-order valence-electron chi connectivity index (χ0n) is 12.4. The Balaban J connectivity index is 1.93. The highest BCUT2D eigenvalue weighted by atomic mass is 79.9. The number of halogens is 2. The lowest BCUT2D eigenvalue weighted by Gasteiger charge is -2.10. The number of fused-ring (bicyclic) bond motifs is 1. The van der Waals surface area contributed by atoms with Crippen molar-refractivity contribution in [3.05, 3.63) is 58.1 Å². The molecule has 6 heteroatoms. The van der Waals surface area contributed by atoms with E-state index in [1.165, 1.54) is 6.07 Å². The molecule has 0 amide bonds. The van der Waals surface area contributed by atoms with Gasteiger partial charge in [-0.2, -0.15) is 0 Å². The molecular weight excluding hydrogens is 363 g/mol. The highest BCUT2D eigenvalue weighted by Crippen LogP contribution is 2.24. The van der Waals surface area contributed by atoms with Crippen LogP contribution in [0.4, 0.5) is 4.39 Å². The Morgan fingerprint density at radius 2 is 2.17 bits per heavy atom. The molecule has 3 rings (SSSR count). The van der Waals surface area contributed by atoms with Crippen LogP contribution in [0.5, 0.6) is 5.75 Å². The van der Waals surface area contributed by atoms with Crippen LogP contribution >= 0.6 is 15.9 Å². The third-order valence-electron chi connectivity index (χ3n) is 3.58. The molecule has 2 aromatic carbocycles. The van der Waals surface area contributed by atoms with Crippen LogP contribution in [0.1, 0.15) is 23.1 Å². The lowest BCUT2D eigenvalue weighted by molar-refractivity contribution is 0.111. The minimum atomic E-state index is -0.354. The SMILES string of the molecule is CCn1c(COc2ccc(Br)cc2C=O)nc2c(F)cccc21. The molecule has 1 aromatic heterocycles. The summed E-state index contributed by atoms with van der Waals surface area (Å²) in [7, 11) is 0. The normalized spacial score (nSPS) is 10.9. The number of aryl methyl sites for hydroxylation is 1. The second-order valence-electron chi connectivity index (χ2n) is 4.97. The van der Waals surface area contributed by atoms with Gasteiger partial charge in [-0.3, -0.25) is 4.79 Å². The van der Waals surface area contributed by atoms with E-state index in [1.807, 2.05) is 17.6 Å². The molecule has 118 valence electrons. The van der Waals surface area contributed by atoms with Crippen molar-refractivity contribution in [3.8, 4) is 5.75 Å². The minimum Gasteiger partial charge on any atom is -0.485 e. The van der Waals surface area contributed by atoms with Gasteiger partial charge in [-0.15, -0.1) is 0 Å². The van der Waals surface area contributed by atoms with Gasteiger partial charge >= 0.3 is 0 Å². The Bertz CT molecular complexity index is 876. The lowest BCUT2D eigenvalue weighted by Crippen LogP contribution is -2.06. The van der Waals surface area contributed by atoms with Crippen LogP contribution in [0, 0.1) is 5.82 Å². The summed E-state index contributed by atoms with van der Waals surface area (Å²) in [5.41, 5.74) is 1.52. The summed E-state index contributed by atoms with van der Waals surface area (Å²) in [6, 6.07) is 10.1. The van der Waals surface area contributed by atoms with Gasteiger partial charge in [0.2, 0.25) is 0 Å². The standard InChI is InChI=1S/C17H14BrFN2O2/c1-2-21-14-5-3-4-13(19)17(14)20-16(21)10-23-15-7-6-12(18)8-11(15)9-22/h3-9H,2,10H2,1H3. The van der Waals surface area contributed by atoms with Crippen LogP contribution in [0.2, 0.25) is 0 Å². The van der Waals surface area contributed by atoms with E-state index in [0.717, 1.165) is 16.3 Å². The van der Waals surface area contributed by atoms with Crippen molar-refractivity contribution >= 4 is 33.2 Å². The summed E-state index contributed by atoms with van der Waals surface area (Å²) < 4.78 is 22.3. The first-order valence-electron chi connectivity index (χ1n) is 7.15. The molecule has 0 fully saturated rings. The predicted octanol–water partition coefficient (Wildman–Crippen LogP) is 4.35. The smallest absolute Gasteiger partial charge is 0.153 e. The number of carbonyl (C=O) groups is 1. The van der Waals surface area contributed by atoms with Gasteiger partial charge in [0.1, 0.15) is 23.7 Å². The number of aromatic nitrogens is 2. The highest BCUT2D eigenvalue weighted by molar-refractivity contribution is 9.10. The van der Waals surface area contributed by atoms with Crippen LogP contribution in [-0.4, -0.2) is 15.8 Å². The Morgan fingerprint density at radius 1 is 1.35 bits per heavy atom. The van der Waals surface area contributed by atoms with Gasteiger partial charge in [0.05, 0.1) is 11.1 Å². The zero-order valence-corrected chi connectivity index (χ0v) is 14.0. The maximum atomic E-state index is 13.9. The van der Waals surface area contributed by atoms with Crippen LogP contribution in [0.3, 0.4) is 0 Å². The maximum absolute atomic E-state index is 13.9. The first-order chi connectivity index (χ1) is 11.1. The fraction of sp³-hybridized carbons (Fsp3) is 0.176. The van der Waals surface area contributed by atoms with Crippen LogP contribution in [-0.2, 0) is 13.2 Å². The lowest BCUT2D eigenvalue weighted by atomic mass is 10.2. The first kappa shape index (κ1) is 15.7. The molecule has 0 unspecified atom stereocenters. The Kier molecular flexibility index (Phi) is 4.43. The number of aldehydes is 1. The Hall–Kier alpha value is -2.21. The summed E-state index contributed by atoms with van der Waals surface area (Å²) in [6.45, 7) is 2.77. The fourth-order valence-electron chi connectivity index (χ4n) is 2.51. The van der Waals surface area contributed by atoms with E-state index < -0.39 is 0 Å². The zero-order chi connectivity index (χ0) is 16.4. The summed E-state index contributed by atoms with van der Waals surface area (Å²) in [5.74, 6) is 0.735. The highest BCUT2D eigenvalue weighted by Gasteiger charge is 2.14. The van der Waals surface area contributed by atoms with Gasteiger partial charge in [-0.1, -0.05) is 22.0 Å². The van der Waals surface area contributed by atoms with Crippen molar-refractivity contribution in [2.75, 3.05) is 0 Å². The molecule has 1 heterocycles. The predicted molar refractivity (Wildman–Crippen MR) is 89.2 cm³/mol. The maximum Gasteiger partial charge on any atom is 0.153 e. The van der Waals surface area contributed by atoms with E-state index in [-0.39, 0.29) is 12.4 Å². The largest absolute Gasteiger partial charge is 0.485 e. The average molecular weight is 377 g/mol. The van der Waals surface area contributed by atoms with Gasteiger partial charge in [-0.25, -0.2) is 9.37 Å². The molecule has 4 nitrogen and oxygen atoms in total. The molecule has 0 atom stereocenters. The number of ether oxygens (including phenoxy) is 1. The molecule has 0 aliphatic carbocycles. The molecule has 0 aliphatic rings. The summed E-state index contributed by atoms with van der Waals surface area (Å²) in [6.07, 6.45) is 0.739. The van der Waals surface area contributed by atoms with Crippen molar-refractivity contribution in [2.45, 2.75) is 20.1 Å². The molecule has 3 aromatic rings. The second kappa shape index (κ2) is 6.50. The van der Waals surface area contributed by atoms with E-state index in [1.54, 1.807) is 24.3 Å². The Labute approximate surface area is 141 Å². The molecular formula is C17H14BrFN2O2. The number of benzene rings is 2. The van der Waals surface area contributed by atoms with Gasteiger partial charge in [0, 0.05) is 11.0 Å². The number of hydrogen-bond donors (Lipinski definition) is 0. The molecule has 0 aliphatic heterocycles. The van der Waals surface area contributed by atoms with Gasteiger partial charge < -0.3 is 9.30 Å². The van der Waals surface area contributed by atoms with Crippen molar-refractivity contribution in [1.29, 1.82) is 0 Å². The van der Waals surface area contributed by atoms with Crippen molar-refractivity contribution in [1.82, 2.24) is 9.55 Å². The third-order valence-corrected chi connectivity index (χ3v) is 4.07. The second-order valence-corrected chi connectivity index (χ2v) is 5.88. The first-order valence-corrected chi connectivity index (χ1v) is 7.94. The minimum absolute atomic E-state index is 0.157. The summed E-state index contributed by atoms with van der Waals surface area (Å²) in [5, 5.41) is 0. The van der Waals surface area contributed by atoms with E-state index in [9.17, 15) is 9.18 Å². The number of imidazole rings is 1. The summed E-state index contributed by atoms with van der Waals surface area (Å²) >= 11 is 3.31. The number of hydrogen-bond acceptors (Lipinski definition) is 3. The fourth-order valence-corrected chi connectivity index (χ4v) is 2.89. The van der Waals surface area contributed by atoms with Crippen LogP contribution in [0.25, 0.3) is 11.0 Å². The topological polar surface area (TPSA) is 44.1 Å². The van der Waals surface area contributed by atoms with Crippen molar-refractivity contribution < 1.29 is 13.9 Å². The van der Waals surface area contributed by atoms with E-state index >= 15 is 0 Å². The molecule has 0 bridgehead atoms. The molecule has 0 saturated carbocycles. The van der Waals surface area contributed by atoms with Crippen LogP contribution < -0.4 is 4.74 Å². The van der Waals surface area contributed by atoms with Gasteiger partial charge in [0.25, 0.3) is 0 Å². The number of rotatable bonds is 5.